The molecule has 2 aromatic rings. The van der Waals surface area contributed by atoms with Gasteiger partial charge in [0.15, 0.2) is 0 Å². The third-order valence-electron chi connectivity index (χ3n) is 3.82. The van der Waals surface area contributed by atoms with Crippen molar-refractivity contribution in [1.82, 2.24) is 4.31 Å². The number of hydrogen-bond donors (Lipinski definition) is 0. The number of sulfonamides is 1. The Morgan fingerprint density at radius 2 is 1.61 bits per heavy atom. The van der Waals surface area contributed by atoms with Gasteiger partial charge in [-0.15, -0.1) is 0 Å². The lowest BCUT2D eigenvalue weighted by Gasteiger charge is -2.22. The molecule has 0 atom stereocenters. The topological polar surface area (TPSA) is 82.1 Å². The van der Waals surface area contributed by atoms with Gasteiger partial charge in [-0.1, -0.05) is 0 Å². The molecule has 28 heavy (non-hydrogen) atoms. The Morgan fingerprint density at radius 1 is 1.00 bits per heavy atom. The van der Waals surface area contributed by atoms with Gasteiger partial charge in [-0.25, -0.2) is 17.2 Å². The summed E-state index contributed by atoms with van der Waals surface area (Å²) in [4.78, 5) is 11.0. The molecule has 0 aliphatic heterocycles. The maximum absolute atomic E-state index is 14.1. The highest BCUT2D eigenvalue weighted by Gasteiger charge is 2.30. The Labute approximate surface area is 161 Å². The van der Waals surface area contributed by atoms with Crippen molar-refractivity contribution in [3.8, 4) is 11.5 Å². The van der Waals surface area contributed by atoms with E-state index in [-0.39, 0.29) is 6.54 Å². The molecule has 0 heterocycles. The van der Waals surface area contributed by atoms with Crippen LogP contribution in [0.15, 0.2) is 41.3 Å². The second kappa shape index (κ2) is 8.98. The molecule has 0 spiro atoms. The van der Waals surface area contributed by atoms with Crippen molar-refractivity contribution in [2.45, 2.75) is 11.4 Å². The molecule has 152 valence electrons. The molecule has 2 rings (SSSR count). The Balaban J connectivity index is 2.49. The fraction of sp³-hybridized carbons (Fsp3) is 0.278. The number of rotatable bonds is 8. The van der Waals surface area contributed by atoms with Crippen LogP contribution in [0.5, 0.6) is 11.5 Å². The van der Waals surface area contributed by atoms with E-state index in [1.807, 2.05) is 0 Å². The first-order valence-corrected chi connectivity index (χ1v) is 9.39. The third-order valence-corrected chi connectivity index (χ3v) is 5.64. The minimum atomic E-state index is -4.48. The number of nitrogens with zero attached hydrogens (tertiary/aromatic N) is 1. The van der Waals surface area contributed by atoms with Gasteiger partial charge in [-0.2, -0.15) is 4.31 Å². The maximum Gasteiger partial charge on any atom is 0.321 e. The number of halogens is 2. The molecule has 7 nitrogen and oxygen atoms in total. The van der Waals surface area contributed by atoms with Crippen molar-refractivity contribution in [3.05, 3.63) is 53.6 Å². The van der Waals surface area contributed by atoms with Crippen LogP contribution in [0, 0.1) is 11.6 Å². The lowest BCUT2D eigenvalue weighted by atomic mass is 10.2. The number of carbonyl (C=O) groups excluding carboxylic acids is 1. The number of hydrogen-bond acceptors (Lipinski definition) is 6. The first kappa shape index (κ1) is 21.6. The molecule has 0 aliphatic carbocycles. The number of esters is 1. The SMILES string of the molecule is COC(=O)CN(Cc1cc(OC)cc(OC)c1)S(=O)(=O)c1ccc(F)cc1F. The Hall–Kier alpha value is -2.72. The van der Waals surface area contributed by atoms with Crippen LogP contribution in [-0.2, 0) is 26.1 Å². The molecule has 0 fully saturated rings. The van der Waals surface area contributed by atoms with Crippen molar-refractivity contribution >= 4 is 16.0 Å². The average Bonchev–Trinajstić information content (AvgIpc) is 2.66. The summed E-state index contributed by atoms with van der Waals surface area (Å²) in [6, 6.07) is 6.75. The van der Waals surface area contributed by atoms with Gasteiger partial charge in [0.25, 0.3) is 0 Å². The summed E-state index contributed by atoms with van der Waals surface area (Å²) in [5.41, 5.74) is 0.422. The van der Waals surface area contributed by atoms with Gasteiger partial charge < -0.3 is 14.2 Å². The number of carbonyl (C=O) groups is 1. The Bertz CT molecular complexity index is 942. The molecular weight excluding hydrogens is 396 g/mol. The van der Waals surface area contributed by atoms with Crippen molar-refractivity contribution < 1.29 is 36.2 Å². The van der Waals surface area contributed by atoms with Crippen LogP contribution < -0.4 is 9.47 Å². The minimum absolute atomic E-state index is 0.304. The predicted molar refractivity (Wildman–Crippen MR) is 95.5 cm³/mol. The van der Waals surface area contributed by atoms with Crippen molar-refractivity contribution in [2.75, 3.05) is 27.9 Å². The third kappa shape index (κ3) is 4.96. The van der Waals surface area contributed by atoms with E-state index in [1.165, 1.54) is 14.2 Å². The van der Waals surface area contributed by atoms with Crippen LogP contribution in [0.25, 0.3) is 0 Å². The molecule has 0 saturated heterocycles. The van der Waals surface area contributed by atoms with Gasteiger partial charge in [-0.05, 0) is 29.8 Å². The van der Waals surface area contributed by atoms with Crippen LogP contribution in [0.3, 0.4) is 0 Å². The van der Waals surface area contributed by atoms with Crippen molar-refractivity contribution in [1.29, 1.82) is 0 Å². The molecule has 0 N–H and O–H groups in total. The van der Waals surface area contributed by atoms with Crippen molar-refractivity contribution in [3.63, 3.8) is 0 Å². The van der Waals surface area contributed by atoms with Gasteiger partial charge in [0.2, 0.25) is 10.0 Å². The lowest BCUT2D eigenvalue weighted by Crippen LogP contribution is -2.36. The number of benzene rings is 2. The summed E-state index contributed by atoms with van der Waals surface area (Å²) in [5.74, 6) is -2.23. The molecule has 0 aromatic heterocycles. The van der Waals surface area contributed by atoms with Gasteiger partial charge >= 0.3 is 5.97 Å². The predicted octanol–water partition coefficient (Wildman–Crippen LogP) is 2.35. The van der Waals surface area contributed by atoms with E-state index in [0.717, 1.165) is 23.5 Å². The molecule has 0 unspecified atom stereocenters. The van der Waals surface area contributed by atoms with E-state index in [4.69, 9.17) is 9.47 Å². The highest BCUT2D eigenvalue weighted by Crippen LogP contribution is 2.26. The highest BCUT2D eigenvalue weighted by atomic mass is 32.2. The van der Waals surface area contributed by atoms with E-state index < -0.39 is 39.1 Å². The summed E-state index contributed by atoms with van der Waals surface area (Å²) in [5, 5.41) is 0. The largest absolute Gasteiger partial charge is 0.497 e. The molecule has 0 bridgehead atoms. The first-order valence-electron chi connectivity index (χ1n) is 7.95. The summed E-state index contributed by atoms with van der Waals surface area (Å²) >= 11 is 0. The van der Waals surface area contributed by atoms with E-state index in [9.17, 15) is 22.0 Å². The first-order chi connectivity index (χ1) is 13.2. The van der Waals surface area contributed by atoms with E-state index in [0.29, 0.717) is 23.1 Å². The number of ether oxygens (including phenoxy) is 3. The molecular formula is C18H19F2NO6S. The fourth-order valence-electron chi connectivity index (χ4n) is 2.42. The molecule has 10 heteroatoms. The van der Waals surface area contributed by atoms with Crippen LogP contribution in [-0.4, -0.2) is 46.6 Å². The van der Waals surface area contributed by atoms with Gasteiger partial charge in [0.05, 0.1) is 21.3 Å². The molecule has 0 radical (unpaired) electrons. The highest BCUT2D eigenvalue weighted by molar-refractivity contribution is 7.89. The number of methoxy groups -OCH3 is 3. The van der Waals surface area contributed by atoms with Crippen LogP contribution >= 0.6 is 0 Å². The second-order valence-electron chi connectivity index (χ2n) is 5.64. The Kier molecular flexibility index (Phi) is 6.92. The lowest BCUT2D eigenvalue weighted by molar-refractivity contribution is -0.140. The Morgan fingerprint density at radius 3 is 2.11 bits per heavy atom. The monoisotopic (exact) mass is 415 g/mol. The second-order valence-corrected chi connectivity index (χ2v) is 7.55. The zero-order valence-corrected chi connectivity index (χ0v) is 16.3. The molecule has 0 amide bonds. The smallest absolute Gasteiger partial charge is 0.321 e. The van der Waals surface area contributed by atoms with E-state index in [1.54, 1.807) is 18.2 Å². The molecule has 0 saturated carbocycles. The van der Waals surface area contributed by atoms with Crippen LogP contribution in [0.1, 0.15) is 5.56 Å². The van der Waals surface area contributed by atoms with Gasteiger partial charge in [0, 0.05) is 18.7 Å². The zero-order chi connectivity index (χ0) is 20.9. The van der Waals surface area contributed by atoms with E-state index in [2.05, 4.69) is 4.74 Å². The summed E-state index contributed by atoms with van der Waals surface area (Å²) < 4.78 is 68.7. The molecule has 0 aliphatic rings. The summed E-state index contributed by atoms with van der Waals surface area (Å²) in [6.45, 7) is -0.975. The molecule has 2 aromatic carbocycles. The average molecular weight is 415 g/mol. The van der Waals surface area contributed by atoms with Crippen molar-refractivity contribution in [2.24, 2.45) is 0 Å². The normalized spacial score (nSPS) is 11.4. The standard InChI is InChI=1S/C18H19F2NO6S/c1-25-14-6-12(7-15(9-14)26-2)10-21(11-18(22)27-3)28(23,24)17-5-4-13(19)8-16(17)20/h4-9H,10-11H2,1-3H3. The van der Waals surface area contributed by atoms with Crippen LogP contribution in [0.2, 0.25) is 0 Å². The van der Waals surface area contributed by atoms with Gasteiger partial charge in [-0.3, -0.25) is 4.79 Å². The van der Waals surface area contributed by atoms with E-state index >= 15 is 0 Å². The minimum Gasteiger partial charge on any atom is -0.497 e. The maximum atomic E-state index is 14.1. The van der Waals surface area contributed by atoms with Crippen LogP contribution in [0.4, 0.5) is 8.78 Å². The quantitative estimate of drug-likeness (QED) is 0.616. The summed E-state index contributed by atoms with van der Waals surface area (Å²) in [6.07, 6.45) is 0. The summed E-state index contributed by atoms with van der Waals surface area (Å²) in [7, 11) is -0.532. The zero-order valence-electron chi connectivity index (χ0n) is 15.4. The fourth-order valence-corrected chi connectivity index (χ4v) is 3.84. The van der Waals surface area contributed by atoms with Gasteiger partial charge in [0.1, 0.15) is 34.6 Å².